The normalized spacial score (nSPS) is 24.0. The molecule has 0 bridgehead atoms. The maximum Gasteiger partial charge on any atom is 0.288 e. The molecule has 0 fully saturated rings. The first kappa shape index (κ1) is 23.1. The van der Waals surface area contributed by atoms with E-state index in [1.807, 2.05) is 5.16 Å². The van der Waals surface area contributed by atoms with Crippen molar-refractivity contribution < 1.29 is 30.7 Å². The molecular formula is C17H18N2O7S3. The van der Waals surface area contributed by atoms with Crippen molar-refractivity contribution in [1.82, 2.24) is 5.32 Å². The van der Waals surface area contributed by atoms with Gasteiger partial charge >= 0.3 is 0 Å². The average molecular weight is 459 g/mol. The number of nitrogens with zero attached hydrogens (tertiary/aromatic N) is 1. The quantitative estimate of drug-likeness (QED) is 0.252. The van der Waals surface area contributed by atoms with Crippen molar-refractivity contribution in [3.63, 3.8) is 0 Å². The Bertz CT molecular complexity index is 1070. The summed E-state index contributed by atoms with van der Waals surface area (Å²) < 4.78 is 65.9. The van der Waals surface area contributed by atoms with Gasteiger partial charge in [0.05, 0.1) is 5.16 Å². The first-order valence-electron chi connectivity index (χ1n) is 8.11. The molecule has 1 aromatic rings. The Morgan fingerprint density at radius 1 is 1.24 bits per heavy atom. The second-order valence-corrected chi connectivity index (χ2v) is 10.2. The fraction of sp³-hybridized carbons (Fsp3) is 0.294. The minimum Gasteiger partial charge on any atom is -0.328 e. The lowest BCUT2D eigenvalue weighted by molar-refractivity contribution is -0.120. The van der Waals surface area contributed by atoms with Crippen molar-refractivity contribution in [3.05, 3.63) is 54.1 Å². The summed E-state index contributed by atoms with van der Waals surface area (Å²) in [6, 6.07) is 8.55. The number of allylic oxidation sites excluding steroid dienone is 2. The Labute approximate surface area is 173 Å². The zero-order valence-electron chi connectivity index (χ0n) is 15.1. The third-order valence-corrected chi connectivity index (χ3v) is 8.34. The molecule has 1 aliphatic carbocycles. The van der Waals surface area contributed by atoms with Crippen LogP contribution in [0.4, 0.5) is 0 Å². The summed E-state index contributed by atoms with van der Waals surface area (Å²) in [6.45, 7) is 1.10. The molecule has 12 heteroatoms. The van der Waals surface area contributed by atoms with E-state index in [1.165, 1.54) is 18.2 Å². The summed E-state index contributed by atoms with van der Waals surface area (Å²) in [4.78, 5) is 15.3. The lowest BCUT2D eigenvalue weighted by Gasteiger charge is -2.41. The molecule has 0 aliphatic heterocycles. The van der Waals surface area contributed by atoms with Gasteiger partial charge in [0.2, 0.25) is 9.99 Å². The highest BCUT2D eigenvalue weighted by atomic mass is 32.3. The molecule has 1 aromatic carbocycles. The van der Waals surface area contributed by atoms with Gasteiger partial charge in [0, 0.05) is 19.3 Å². The van der Waals surface area contributed by atoms with Gasteiger partial charge in [0.25, 0.3) is 20.2 Å². The Kier molecular flexibility index (Phi) is 6.58. The first-order chi connectivity index (χ1) is 13.4. The second-order valence-electron chi connectivity index (χ2n) is 6.40. The Morgan fingerprint density at radius 2 is 1.83 bits per heavy atom. The highest BCUT2D eigenvalue weighted by molar-refractivity contribution is 8.05. The van der Waals surface area contributed by atoms with E-state index in [0.29, 0.717) is 5.56 Å². The van der Waals surface area contributed by atoms with E-state index in [1.54, 1.807) is 30.3 Å². The molecule has 1 amide bonds. The van der Waals surface area contributed by atoms with Gasteiger partial charge in [-0.25, -0.2) is 0 Å². The number of amides is 1. The van der Waals surface area contributed by atoms with Crippen LogP contribution in [-0.2, 0) is 25.0 Å². The number of thiocarbonyl (C=S) groups is 1. The van der Waals surface area contributed by atoms with Gasteiger partial charge in [-0.3, -0.25) is 13.9 Å². The molecule has 0 saturated heterocycles. The molecule has 0 heterocycles. The van der Waals surface area contributed by atoms with Gasteiger partial charge < -0.3 is 5.32 Å². The van der Waals surface area contributed by atoms with Crippen LogP contribution >= 0.6 is 12.2 Å². The molecule has 1 aliphatic rings. The number of hydrogen-bond donors (Lipinski definition) is 3. The van der Waals surface area contributed by atoms with E-state index in [-0.39, 0.29) is 0 Å². The van der Waals surface area contributed by atoms with Crippen LogP contribution in [0.5, 0.6) is 0 Å². The van der Waals surface area contributed by atoms with Crippen molar-refractivity contribution in [2.75, 3.05) is 0 Å². The first-order valence-corrected chi connectivity index (χ1v) is 11.4. The Morgan fingerprint density at radius 3 is 2.31 bits per heavy atom. The van der Waals surface area contributed by atoms with E-state index in [0.717, 1.165) is 13.0 Å². The summed E-state index contributed by atoms with van der Waals surface area (Å²) in [5, 5.41) is 4.26. The molecule has 0 aromatic heterocycles. The van der Waals surface area contributed by atoms with Gasteiger partial charge in [-0.15, -0.1) is 0 Å². The molecule has 2 rings (SSSR count). The number of carbonyl (C=O) groups excluding carboxylic acids is 1. The summed E-state index contributed by atoms with van der Waals surface area (Å²) in [6.07, 6.45) is 3.97. The Balaban J connectivity index is 2.76. The van der Waals surface area contributed by atoms with E-state index >= 15 is 0 Å². The van der Waals surface area contributed by atoms with Crippen molar-refractivity contribution in [2.24, 2.45) is 10.9 Å². The summed E-state index contributed by atoms with van der Waals surface area (Å²) in [5.41, 5.74) is -1.33. The van der Waals surface area contributed by atoms with E-state index < -0.39 is 48.2 Å². The largest absolute Gasteiger partial charge is 0.328 e. The molecule has 0 saturated carbocycles. The molecule has 156 valence electrons. The van der Waals surface area contributed by atoms with Gasteiger partial charge in [-0.05, 0) is 23.9 Å². The molecule has 0 spiro atoms. The fourth-order valence-corrected chi connectivity index (χ4v) is 6.22. The summed E-state index contributed by atoms with van der Waals surface area (Å²) in [7, 11) is -10.9. The van der Waals surface area contributed by atoms with Crippen molar-refractivity contribution >= 4 is 49.6 Å². The van der Waals surface area contributed by atoms with Crippen molar-refractivity contribution in [3.8, 4) is 0 Å². The standard InChI is InChI=1S/C17H18N2O7S3/c1-13(20)19-16(18-12-27)10-9-15(8-7-14-5-3-2-4-6-14)17(11-16,28(21,22)23)29(24,25)26/h2-10,15H,11H2,1H3,(H,19,20)(H,21,22,23)(H,24,25,26). The van der Waals surface area contributed by atoms with E-state index in [4.69, 9.17) is 0 Å². The number of benzene rings is 1. The van der Waals surface area contributed by atoms with E-state index in [9.17, 15) is 30.7 Å². The van der Waals surface area contributed by atoms with Crippen LogP contribution in [0.25, 0.3) is 6.08 Å². The van der Waals surface area contributed by atoms with Gasteiger partial charge in [0.15, 0.2) is 5.66 Å². The molecule has 9 nitrogen and oxygen atoms in total. The maximum absolute atomic E-state index is 12.3. The van der Waals surface area contributed by atoms with Crippen LogP contribution in [0.15, 0.2) is 53.6 Å². The lowest BCUT2D eigenvalue weighted by Crippen LogP contribution is -2.61. The lowest BCUT2D eigenvalue weighted by atomic mass is 9.86. The predicted molar refractivity (Wildman–Crippen MR) is 110 cm³/mol. The van der Waals surface area contributed by atoms with Crippen LogP contribution in [0, 0.1) is 5.92 Å². The monoisotopic (exact) mass is 458 g/mol. The van der Waals surface area contributed by atoms with Crippen LogP contribution < -0.4 is 5.32 Å². The minimum absolute atomic E-state index is 0.621. The zero-order chi connectivity index (χ0) is 21.9. The smallest absolute Gasteiger partial charge is 0.288 e. The molecule has 0 radical (unpaired) electrons. The molecule has 29 heavy (non-hydrogen) atoms. The molecule has 2 atom stereocenters. The highest BCUT2D eigenvalue weighted by Crippen LogP contribution is 2.45. The van der Waals surface area contributed by atoms with Crippen molar-refractivity contribution in [2.45, 2.75) is 23.1 Å². The minimum atomic E-state index is -5.44. The molecule has 2 unspecified atom stereocenters. The van der Waals surface area contributed by atoms with E-state index in [2.05, 4.69) is 22.5 Å². The Hall–Kier alpha value is -2.21. The number of isothiocyanates is 1. The zero-order valence-corrected chi connectivity index (χ0v) is 17.5. The number of carbonyl (C=O) groups is 1. The van der Waals surface area contributed by atoms with Crippen LogP contribution in [0.3, 0.4) is 0 Å². The molecule has 3 N–H and O–H groups in total. The third-order valence-electron chi connectivity index (χ3n) is 4.41. The molecular weight excluding hydrogens is 440 g/mol. The topological polar surface area (TPSA) is 150 Å². The SMILES string of the molecule is CC(=O)NC1(N=C=S)C=CC(C=Cc2ccccc2)C(S(=O)(=O)O)(S(=O)(=O)O)C1. The number of hydrogen-bond acceptors (Lipinski definition) is 7. The van der Waals surface area contributed by atoms with Crippen LogP contribution in [0.2, 0.25) is 0 Å². The average Bonchev–Trinajstić information content (AvgIpc) is 2.59. The van der Waals surface area contributed by atoms with Gasteiger partial charge in [-0.1, -0.05) is 48.6 Å². The summed E-state index contributed by atoms with van der Waals surface area (Å²) >= 11 is 4.52. The van der Waals surface area contributed by atoms with Crippen molar-refractivity contribution in [1.29, 1.82) is 0 Å². The van der Waals surface area contributed by atoms with Gasteiger partial charge in [0.1, 0.15) is 0 Å². The second kappa shape index (κ2) is 8.27. The van der Waals surface area contributed by atoms with Gasteiger partial charge in [-0.2, -0.15) is 21.8 Å². The number of rotatable bonds is 6. The fourth-order valence-electron chi connectivity index (χ4n) is 3.19. The third kappa shape index (κ3) is 4.69. The van der Waals surface area contributed by atoms with Crippen LogP contribution in [-0.4, -0.2) is 46.8 Å². The maximum atomic E-state index is 12.3. The van der Waals surface area contributed by atoms with Crippen LogP contribution in [0.1, 0.15) is 18.9 Å². The number of aliphatic imine (C=N–C) groups is 1. The number of nitrogens with one attached hydrogen (secondary N) is 1. The summed E-state index contributed by atoms with van der Waals surface area (Å²) in [5.74, 6) is -2.18. The highest BCUT2D eigenvalue weighted by Gasteiger charge is 2.64. The predicted octanol–water partition coefficient (Wildman–Crippen LogP) is 1.68.